The largest absolute Gasteiger partial charge is 0.361 e. The number of urea groups is 1. The van der Waals surface area contributed by atoms with Crippen LogP contribution in [0, 0.1) is 0 Å². The number of H-pyrrole nitrogens is 1. The van der Waals surface area contributed by atoms with Crippen molar-refractivity contribution in [2.45, 2.75) is 18.9 Å². The quantitative estimate of drug-likeness (QED) is 0.595. The van der Waals surface area contributed by atoms with E-state index in [1.165, 1.54) is 4.90 Å². The maximum atomic E-state index is 12.5. The Morgan fingerprint density at radius 1 is 1.26 bits per heavy atom. The molecule has 1 saturated heterocycles. The molecule has 8 nitrogen and oxygen atoms in total. The predicted molar refractivity (Wildman–Crippen MR) is 102 cm³/mol. The molecule has 0 radical (unpaired) electrons. The van der Waals surface area contributed by atoms with Crippen molar-refractivity contribution >= 4 is 28.7 Å². The number of benzene rings is 1. The van der Waals surface area contributed by atoms with Crippen molar-refractivity contribution in [2.75, 3.05) is 33.7 Å². The molecule has 1 aromatic heterocycles. The number of aromatic amines is 1. The molecule has 4 amide bonds. The van der Waals surface area contributed by atoms with Gasteiger partial charge in [0.05, 0.1) is 6.42 Å². The van der Waals surface area contributed by atoms with Gasteiger partial charge in [-0.2, -0.15) is 0 Å². The first-order chi connectivity index (χ1) is 13.0. The highest BCUT2D eigenvalue weighted by molar-refractivity contribution is 6.05. The minimum absolute atomic E-state index is 0.0401. The zero-order valence-corrected chi connectivity index (χ0v) is 15.6. The van der Waals surface area contributed by atoms with Gasteiger partial charge in [0.25, 0.3) is 5.91 Å². The number of hydrogen-bond donors (Lipinski definition) is 3. The van der Waals surface area contributed by atoms with Crippen molar-refractivity contribution in [3.05, 3.63) is 36.0 Å². The lowest BCUT2D eigenvalue weighted by atomic mass is 10.1. The van der Waals surface area contributed by atoms with Gasteiger partial charge in [-0.05, 0) is 32.1 Å². The number of para-hydroxylation sites is 1. The van der Waals surface area contributed by atoms with Crippen LogP contribution in [0.15, 0.2) is 30.5 Å². The van der Waals surface area contributed by atoms with Crippen LogP contribution in [0.4, 0.5) is 4.79 Å². The van der Waals surface area contributed by atoms with Crippen LogP contribution in [0.1, 0.15) is 12.0 Å². The van der Waals surface area contributed by atoms with Crippen molar-refractivity contribution < 1.29 is 14.4 Å². The zero-order chi connectivity index (χ0) is 19.4. The van der Waals surface area contributed by atoms with Crippen molar-refractivity contribution in [1.82, 2.24) is 25.4 Å². The van der Waals surface area contributed by atoms with Crippen molar-refractivity contribution in [1.29, 1.82) is 0 Å². The van der Waals surface area contributed by atoms with Gasteiger partial charge in [0.1, 0.15) is 6.04 Å². The molecular formula is C19H25N5O3. The number of likely N-dealkylation sites (N-methyl/N-ethyl adjacent to an activating group) is 1. The molecule has 1 aromatic carbocycles. The topological polar surface area (TPSA) is 97.5 Å². The van der Waals surface area contributed by atoms with Crippen LogP contribution in [0.25, 0.3) is 10.9 Å². The molecule has 27 heavy (non-hydrogen) atoms. The summed E-state index contributed by atoms with van der Waals surface area (Å²) in [5.74, 6) is -0.587. The second kappa shape index (κ2) is 8.22. The number of fused-ring (bicyclic) bond motifs is 1. The molecule has 8 heteroatoms. The first-order valence-electron chi connectivity index (χ1n) is 9.04. The highest BCUT2D eigenvalue weighted by Gasteiger charge is 2.38. The fraction of sp³-hybridized carbons (Fsp3) is 0.421. The van der Waals surface area contributed by atoms with Gasteiger partial charge < -0.3 is 20.5 Å². The number of aromatic nitrogens is 1. The van der Waals surface area contributed by atoms with Crippen LogP contribution in [0.3, 0.4) is 0 Å². The first kappa shape index (κ1) is 18.9. The molecular weight excluding hydrogens is 346 g/mol. The van der Waals surface area contributed by atoms with E-state index in [9.17, 15) is 14.4 Å². The Morgan fingerprint density at radius 2 is 2.04 bits per heavy atom. The lowest BCUT2D eigenvalue weighted by Gasteiger charge is -2.13. The monoisotopic (exact) mass is 371 g/mol. The molecule has 2 heterocycles. The minimum atomic E-state index is -0.792. The summed E-state index contributed by atoms with van der Waals surface area (Å²) in [6.07, 6.45) is 2.42. The maximum absolute atomic E-state index is 12.5. The normalized spacial score (nSPS) is 17.0. The number of hydrogen-bond acceptors (Lipinski definition) is 4. The number of carbonyl (C=O) groups is 3. The van der Waals surface area contributed by atoms with E-state index in [0.717, 1.165) is 16.5 Å². The predicted octanol–water partition coefficient (Wildman–Crippen LogP) is 0.699. The van der Waals surface area contributed by atoms with Crippen LogP contribution >= 0.6 is 0 Å². The van der Waals surface area contributed by atoms with Crippen LogP contribution in [-0.2, 0) is 16.0 Å². The number of imide groups is 1. The summed E-state index contributed by atoms with van der Waals surface area (Å²) < 4.78 is 0. The van der Waals surface area contributed by atoms with Crippen LogP contribution in [0.2, 0.25) is 0 Å². The molecule has 1 aliphatic rings. The summed E-state index contributed by atoms with van der Waals surface area (Å²) in [5.41, 5.74) is 2.08. The van der Waals surface area contributed by atoms with Gasteiger partial charge in [0.15, 0.2) is 0 Å². The van der Waals surface area contributed by atoms with Crippen molar-refractivity contribution in [3.8, 4) is 0 Å². The highest BCUT2D eigenvalue weighted by Crippen LogP contribution is 2.19. The number of nitrogens with zero attached hydrogens (tertiary/aromatic N) is 2. The fourth-order valence-corrected chi connectivity index (χ4v) is 3.17. The van der Waals surface area contributed by atoms with Gasteiger partial charge in [-0.15, -0.1) is 0 Å². The highest BCUT2D eigenvalue weighted by atomic mass is 16.2. The minimum Gasteiger partial charge on any atom is -0.361 e. The molecule has 144 valence electrons. The Morgan fingerprint density at radius 3 is 2.81 bits per heavy atom. The SMILES string of the molecule is CN(C)CCNC(=O)C[C@@H]1NC(=O)N(CCc2c[nH]c3ccccc23)C1=O. The summed E-state index contributed by atoms with van der Waals surface area (Å²) in [6, 6.07) is 6.67. The van der Waals surface area contributed by atoms with E-state index >= 15 is 0 Å². The molecule has 2 aromatic rings. The van der Waals surface area contributed by atoms with Gasteiger partial charge in [-0.1, -0.05) is 18.2 Å². The third kappa shape index (κ3) is 4.46. The standard InChI is InChI=1S/C19H25N5O3/c1-23(2)10-8-20-17(25)11-16-18(26)24(19(27)22-16)9-7-13-12-21-15-6-4-3-5-14(13)15/h3-6,12,16,21H,7-11H2,1-2H3,(H,20,25)(H,22,27)/t16-/m0/s1. The Bertz CT molecular complexity index is 845. The third-order valence-electron chi connectivity index (χ3n) is 4.66. The van der Waals surface area contributed by atoms with Crippen LogP contribution in [0.5, 0.6) is 0 Å². The van der Waals surface area contributed by atoms with E-state index in [1.54, 1.807) is 0 Å². The summed E-state index contributed by atoms with van der Waals surface area (Å²) in [7, 11) is 3.83. The number of nitrogens with one attached hydrogen (secondary N) is 3. The summed E-state index contributed by atoms with van der Waals surface area (Å²) in [6.45, 7) is 1.50. The van der Waals surface area contributed by atoms with Crippen molar-refractivity contribution in [2.24, 2.45) is 0 Å². The first-order valence-corrected chi connectivity index (χ1v) is 9.04. The average Bonchev–Trinajstić information content (AvgIpc) is 3.14. The van der Waals surface area contributed by atoms with Gasteiger partial charge in [-0.3, -0.25) is 14.5 Å². The van der Waals surface area contributed by atoms with Crippen molar-refractivity contribution in [3.63, 3.8) is 0 Å². The third-order valence-corrected chi connectivity index (χ3v) is 4.66. The Balaban J connectivity index is 1.54. The molecule has 0 spiro atoms. The van der Waals surface area contributed by atoms with E-state index in [2.05, 4.69) is 15.6 Å². The molecule has 1 fully saturated rings. The van der Waals surface area contributed by atoms with Gasteiger partial charge in [-0.25, -0.2) is 4.79 Å². The van der Waals surface area contributed by atoms with E-state index in [1.807, 2.05) is 49.5 Å². The number of carbonyl (C=O) groups excluding carboxylic acids is 3. The van der Waals surface area contributed by atoms with Gasteiger partial charge in [0, 0.05) is 36.7 Å². The van der Waals surface area contributed by atoms with Gasteiger partial charge in [0.2, 0.25) is 5.91 Å². The van der Waals surface area contributed by atoms with E-state index in [4.69, 9.17) is 0 Å². The molecule has 0 unspecified atom stereocenters. The number of rotatable bonds is 8. The fourth-order valence-electron chi connectivity index (χ4n) is 3.17. The number of amides is 4. The molecule has 1 aliphatic heterocycles. The second-order valence-corrected chi connectivity index (χ2v) is 6.96. The molecule has 3 N–H and O–H groups in total. The molecule has 0 saturated carbocycles. The van der Waals surface area contributed by atoms with E-state index in [-0.39, 0.29) is 24.8 Å². The van der Waals surface area contributed by atoms with Crippen LogP contribution in [-0.4, -0.2) is 72.4 Å². The maximum Gasteiger partial charge on any atom is 0.324 e. The average molecular weight is 371 g/mol. The zero-order valence-electron chi connectivity index (χ0n) is 15.6. The van der Waals surface area contributed by atoms with Gasteiger partial charge >= 0.3 is 6.03 Å². The molecule has 3 rings (SSSR count). The molecule has 1 atom stereocenters. The Hall–Kier alpha value is -2.87. The summed E-state index contributed by atoms with van der Waals surface area (Å²) in [4.78, 5) is 43.0. The lowest BCUT2D eigenvalue weighted by Crippen LogP contribution is -2.38. The summed E-state index contributed by atoms with van der Waals surface area (Å²) in [5, 5.41) is 6.45. The lowest BCUT2D eigenvalue weighted by molar-refractivity contribution is -0.130. The van der Waals surface area contributed by atoms with Crippen LogP contribution < -0.4 is 10.6 Å². The molecule has 0 bridgehead atoms. The smallest absolute Gasteiger partial charge is 0.324 e. The Kier molecular flexibility index (Phi) is 5.75. The van der Waals surface area contributed by atoms with E-state index < -0.39 is 12.1 Å². The Labute approximate surface area is 157 Å². The molecule has 0 aliphatic carbocycles. The second-order valence-electron chi connectivity index (χ2n) is 6.96. The summed E-state index contributed by atoms with van der Waals surface area (Å²) >= 11 is 0. The van der Waals surface area contributed by atoms with E-state index in [0.29, 0.717) is 19.5 Å².